The number of amidine groups is 1. The third kappa shape index (κ3) is 4.44. The lowest BCUT2D eigenvalue weighted by Gasteiger charge is -2.09. The standard InChI is InChI=1S/C22H23N3O2/c1-16-6-3-4-7-18(16)14-24-21(23)20-8-5-13-25(22(20)26)15-17-9-11-19(27-2)12-10-17/h3-13H,14-15H2,1-2H3,(H2,23,24). The highest BCUT2D eigenvalue weighted by molar-refractivity contribution is 5.97. The van der Waals surface area contributed by atoms with Gasteiger partial charge < -0.3 is 15.0 Å². The Kier molecular flexibility index (Phi) is 5.71. The highest BCUT2D eigenvalue weighted by Crippen LogP contribution is 2.12. The molecular weight excluding hydrogens is 338 g/mol. The topological polar surface area (TPSA) is 69.6 Å². The van der Waals surface area contributed by atoms with Crippen molar-refractivity contribution in [1.82, 2.24) is 4.57 Å². The Morgan fingerprint density at radius 2 is 1.81 bits per heavy atom. The molecule has 0 radical (unpaired) electrons. The van der Waals surface area contributed by atoms with Gasteiger partial charge in [0.15, 0.2) is 0 Å². The predicted molar refractivity (Wildman–Crippen MR) is 108 cm³/mol. The normalized spacial score (nSPS) is 11.4. The van der Waals surface area contributed by atoms with Crippen LogP contribution >= 0.6 is 0 Å². The summed E-state index contributed by atoms with van der Waals surface area (Å²) in [6.45, 7) is 2.94. The molecule has 2 N–H and O–H groups in total. The Hall–Kier alpha value is -3.34. The number of hydrogen-bond donors (Lipinski definition) is 1. The lowest BCUT2D eigenvalue weighted by atomic mass is 10.1. The molecule has 0 saturated heterocycles. The van der Waals surface area contributed by atoms with E-state index in [9.17, 15) is 4.79 Å². The van der Waals surface area contributed by atoms with E-state index >= 15 is 0 Å². The van der Waals surface area contributed by atoms with Gasteiger partial charge in [-0.05, 0) is 47.9 Å². The van der Waals surface area contributed by atoms with E-state index in [-0.39, 0.29) is 11.4 Å². The number of methoxy groups -OCH3 is 1. The van der Waals surface area contributed by atoms with Crippen LogP contribution < -0.4 is 16.0 Å². The van der Waals surface area contributed by atoms with E-state index in [1.807, 2.05) is 61.5 Å². The van der Waals surface area contributed by atoms with Crippen molar-refractivity contribution in [1.29, 1.82) is 0 Å². The zero-order valence-electron chi connectivity index (χ0n) is 15.6. The number of aryl methyl sites for hydroxylation is 1. The van der Waals surface area contributed by atoms with Gasteiger partial charge in [-0.3, -0.25) is 9.79 Å². The molecule has 0 bridgehead atoms. The highest BCUT2D eigenvalue weighted by atomic mass is 16.5. The second kappa shape index (κ2) is 8.36. The molecule has 3 aromatic rings. The van der Waals surface area contributed by atoms with Crippen LogP contribution in [0, 0.1) is 6.92 Å². The Balaban J connectivity index is 1.82. The van der Waals surface area contributed by atoms with Gasteiger partial charge in [0.1, 0.15) is 11.6 Å². The maximum absolute atomic E-state index is 12.8. The lowest BCUT2D eigenvalue weighted by Crippen LogP contribution is -2.30. The minimum absolute atomic E-state index is 0.153. The number of ether oxygens (including phenoxy) is 1. The molecule has 27 heavy (non-hydrogen) atoms. The van der Waals surface area contributed by atoms with E-state index in [1.54, 1.807) is 23.9 Å². The zero-order chi connectivity index (χ0) is 19.2. The van der Waals surface area contributed by atoms with Crippen molar-refractivity contribution >= 4 is 5.84 Å². The summed E-state index contributed by atoms with van der Waals surface area (Å²) < 4.78 is 6.80. The van der Waals surface area contributed by atoms with Gasteiger partial charge in [0, 0.05) is 6.20 Å². The number of nitrogens with zero attached hydrogens (tertiary/aromatic N) is 2. The number of nitrogens with two attached hydrogens (primary N) is 1. The first kappa shape index (κ1) is 18.5. The number of aliphatic imine (C=N–C) groups is 1. The van der Waals surface area contributed by atoms with E-state index in [0.29, 0.717) is 18.7 Å². The van der Waals surface area contributed by atoms with Crippen molar-refractivity contribution in [3.05, 3.63) is 99.5 Å². The Bertz CT molecular complexity index is 1000. The molecule has 1 aromatic heterocycles. The smallest absolute Gasteiger partial charge is 0.261 e. The van der Waals surface area contributed by atoms with Crippen molar-refractivity contribution < 1.29 is 4.74 Å². The summed E-state index contributed by atoms with van der Waals surface area (Å²) in [5, 5.41) is 0. The number of hydrogen-bond acceptors (Lipinski definition) is 3. The molecular formula is C22H23N3O2. The lowest BCUT2D eigenvalue weighted by molar-refractivity contribution is 0.414. The van der Waals surface area contributed by atoms with E-state index in [4.69, 9.17) is 10.5 Å². The second-order valence-corrected chi connectivity index (χ2v) is 6.33. The molecule has 0 unspecified atom stereocenters. The largest absolute Gasteiger partial charge is 0.497 e. The van der Waals surface area contributed by atoms with Gasteiger partial charge in [0.05, 0.1) is 25.8 Å². The summed E-state index contributed by atoms with van der Waals surface area (Å²) in [5.74, 6) is 1.04. The molecule has 0 aliphatic heterocycles. The monoisotopic (exact) mass is 361 g/mol. The molecule has 5 nitrogen and oxygen atoms in total. The third-order valence-electron chi connectivity index (χ3n) is 4.49. The van der Waals surface area contributed by atoms with E-state index < -0.39 is 0 Å². The van der Waals surface area contributed by atoms with E-state index in [2.05, 4.69) is 4.99 Å². The SMILES string of the molecule is COc1ccc(Cn2cccc(C(N)=NCc3ccccc3C)c2=O)cc1. The molecule has 0 spiro atoms. The van der Waals surface area contributed by atoms with E-state index in [0.717, 1.165) is 22.4 Å². The molecule has 5 heteroatoms. The summed E-state index contributed by atoms with van der Waals surface area (Å²) in [4.78, 5) is 17.2. The maximum Gasteiger partial charge on any atom is 0.261 e. The van der Waals surface area contributed by atoms with Crippen LogP contribution in [0.2, 0.25) is 0 Å². The second-order valence-electron chi connectivity index (χ2n) is 6.33. The molecule has 1 heterocycles. The number of pyridine rings is 1. The fourth-order valence-electron chi connectivity index (χ4n) is 2.83. The van der Waals surface area contributed by atoms with Crippen molar-refractivity contribution in [2.45, 2.75) is 20.0 Å². The van der Waals surface area contributed by atoms with Gasteiger partial charge in [-0.15, -0.1) is 0 Å². The minimum Gasteiger partial charge on any atom is -0.497 e. The Morgan fingerprint density at radius 3 is 2.52 bits per heavy atom. The van der Waals surface area contributed by atoms with Gasteiger partial charge in [0.2, 0.25) is 0 Å². The fraction of sp³-hybridized carbons (Fsp3) is 0.182. The Morgan fingerprint density at radius 1 is 1.07 bits per heavy atom. The van der Waals surface area contributed by atoms with Gasteiger partial charge >= 0.3 is 0 Å². The fourth-order valence-corrected chi connectivity index (χ4v) is 2.83. The van der Waals surface area contributed by atoms with Gasteiger partial charge in [-0.25, -0.2) is 0 Å². The molecule has 0 atom stereocenters. The molecule has 0 amide bonds. The van der Waals surface area contributed by atoms with Gasteiger partial charge in [0.25, 0.3) is 5.56 Å². The third-order valence-corrected chi connectivity index (χ3v) is 4.49. The first-order valence-corrected chi connectivity index (χ1v) is 8.75. The number of aromatic nitrogens is 1. The average molecular weight is 361 g/mol. The maximum atomic E-state index is 12.8. The molecule has 0 fully saturated rings. The van der Waals surface area contributed by atoms with Crippen molar-refractivity contribution in [3.63, 3.8) is 0 Å². The molecule has 0 aliphatic carbocycles. The van der Waals surface area contributed by atoms with Crippen LogP contribution in [0.4, 0.5) is 0 Å². The Labute approximate surface area is 158 Å². The van der Waals surface area contributed by atoms with Crippen molar-refractivity contribution in [3.8, 4) is 5.75 Å². The average Bonchev–Trinajstić information content (AvgIpc) is 2.69. The molecule has 2 aromatic carbocycles. The van der Waals surface area contributed by atoms with Gasteiger partial charge in [-0.1, -0.05) is 36.4 Å². The minimum atomic E-state index is -0.153. The van der Waals surface area contributed by atoms with Crippen LogP contribution in [-0.2, 0) is 13.1 Å². The summed E-state index contributed by atoms with van der Waals surface area (Å²) in [6, 6.07) is 19.2. The van der Waals surface area contributed by atoms with Crippen LogP contribution in [0.5, 0.6) is 5.75 Å². The summed E-state index contributed by atoms with van der Waals surface area (Å²) in [5.41, 5.74) is 9.63. The predicted octanol–water partition coefficient (Wildman–Crippen LogP) is 3.12. The van der Waals surface area contributed by atoms with Gasteiger partial charge in [-0.2, -0.15) is 0 Å². The van der Waals surface area contributed by atoms with Crippen LogP contribution in [0.3, 0.4) is 0 Å². The van der Waals surface area contributed by atoms with Crippen molar-refractivity contribution in [2.75, 3.05) is 7.11 Å². The summed E-state index contributed by atoms with van der Waals surface area (Å²) >= 11 is 0. The number of rotatable bonds is 6. The van der Waals surface area contributed by atoms with Crippen LogP contribution in [0.1, 0.15) is 22.3 Å². The first-order valence-electron chi connectivity index (χ1n) is 8.75. The summed E-state index contributed by atoms with van der Waals surface area (Å²) in [7, 11) is 1.63. The zero-order valence-corrected chi connectivity index (χ0v) is 15.6. The summed E-state index contributed by atoms with van der Waals surface area (Å²) in [6.07, 6.45) is 1.75. The molecule has 138 valence electrons. The highest BCUT2D eigenvalue weighted by Gasteiger charge is 2.08. The quantitative estimate of drug-likeness (QED) is 0.542. The van der Waals surface area contributed by atoms with E-state index in [1.165, 1.54) is 0 Å². The number of benzene rings is 2. The molecule has 0 saturated carbocycles. The molecule has 0 aliphatic rings. The van der Waals surface area contributed by atoms with Crippen LogP contribution in [0.25, 0.3) is 0 Å². The van der Waals surface area contributed by atoms with Crippen LogP contribution in [0.15, 0.2) is 76.6 Å². The molecule has 3 rings (SSSR count). The van der Waals surface area contributed by atoms with Crippen LogP contribution in [-0.4, -0.2) is 17.5 Å². The van der Waals surface area contributed by atoms with Crippen molar-refractivity contribution in [2.24, 2.45) is 10.7 Å². The first-order chi connectivity index (χ1) is 13.1.